The number of rotatable bonds is 5. The van der Waals surface area contributed by atoms with Gasteiger partial charge in [-0.25, -0.2) is 0 Å². The minimum atomic E-state index is -0.141. The first-order valence-electron chi connectivity index (χ1n) is 4.72. The molecule has 15 heavy (non-hydrogen) atoms. The Morgan fingerprint density at radius 3 is 2.67 bits per heavy atom. The second-order valence-corrected chi connectivity index (χ2v) is 3.10. The van der Waals surface area contributed by atoms with Gasteiger partial charge < -0.3 is 9.84 Å². The van der Waals surface area contributed by atoms with Gasteiger partial charge in [0.25, 0.3) is 0 Å². The van der Waals surface area contributed by atoms with Crippen molar-refractivity contribution in [1.82, 2.24) is 0 Å². The minimum absolute atomic E-state index is 0.00305. The molecule has 0 atom stereocenters. The van der Waals surface area contributed by atoms with Crippen molar-refractivity contribution in [2.75, 3.05) is 13.7 Å². The van der Waals surface area contributed by atoms with E-state index in [4.69, 9.17) is 4.74 Å². The molecule has 0 saturated heterocycles. The van der Waals surface area contributed by atoms with Crippen LogP contribution in [0.2, 0.25) is 0 Å². The first-order chi connectivity index (χ1) is 7.24. The van der Waals surface area contributed by atoms with Crippen LogP contribution in [0.5, 0.6) is 0 Å². The Kier molecular flexibility index (Phi) is 4.57. The standard InChI is InChI=1S/C12H14O3/c1-15-8-7-11(13)9-12(14)10-5-3-2-4-6-10/h2-6,9,14H,7-8H2,1H3. The average molecular weight is 206 g/mol. The summed E-state index contributed by atoms with van der Waals surface area (Å²) < 4.78 is 4.77. The van der Waals surface area contributed by atoms with Crippen LogP contribution in [-0.2, 0) is 9.53 Å². The molecule has 1 aromatic rings. The summed E-state index contributed by atoms with van der Waals surface area (Å²) in [7, 11) is 1.54. The molecular formula is C12H14O3. The van der Waals surface area contributed by atoms with Crippen molar-refractivity contribution in [2.24, 2.45) is 0 Å². The van der Waals surface area contributed by atoms with Crippen molar-refractivity contribution < 1.29 is 14.6 Å². The Labute approximate surface area is 89.0 Å². The van der Waals surface area contributed by atoms with E-state index in [2.05, 4.69) is 0 Å². The number of ketones is 1. The molecule has 0 unspecified atom stereocenters. The van der Waals surface area contributed by atoms with Gasteiger partial charge in [0, 0.05) is 25.2 Å². The summed E-state index contributed by atoms with van der Waals surface area (Å²) in [6, 6.07) is 8.95. The zero-order valence-electron chi connectivity index (χ0n) is 8.64. The first-order valence-corrected chi connectivity index (χ1v) is 4.72. The van der Waals surface area contributed by atoms with Gasteiger partial charge in [0.15, 0.2) is 5.78 Å². The Balaban J connectivity index is 2.64. The van der Waals surface area contributed by atoms with Crippen LogP contribution in [0, 0.1) is 0 Å². The molecule has 0 aliphatic carbocycles. The van der Waals surface area contributed by atoms with E-state index in [-0.39, 0.29) is 18.0 Å². The van der Waals surface area contributed by atoms with Crippen molar-refractivity contribution in [3.63, 3.8) is 0 Å². The molecule has 0 radical (unpaired) electrons. The summed E-state index contributed by atoms with van der Waals surface area (Å²) in [5.74, 6) is -0.144. The Morgan fingerprint density at radius 2 is 2.07 bits per heavy atom. The number of benzene rings is 1. The van der Waals surface area contributed by atoms with E-state index in [1.807, 2.05) is 6.07 Å². The zero-order chi connectivity index (χ0) is 11.1. The molecule has 80 valence electrons. The van der Waals surface area contributed by atoms with Crippen molar-refractivity contribution in [3.8, 4) is 0 Å². The molecule has 0 bridgehead atoms. The summed E-state index contributed by atoms with van der Waals surface area (Å²) in [4.78, 5) is 11.3. The molecule has 3 heteroatoms. The quantitative estimate of drug-likeness (QED) is 0.593. The number of ether oxygens (including phenoxy) is 1. The van der Waals surface area contributed by atoms with Gasteiger partial charge in [-0.2, -0.15) is 0 Å². The smallest absolute Gasteiger partial charge is 0.161 e. The Bertz CT molecular complexity index is 341. The summed E-state index contributed by atoms with van der Waals surface area (Å²) >= 11 is 0. The van der Waals surface area contributed by atoms with Crippen molar-refractivity contribution in [3.05, 3.63) is 42.0 Å². The normalized spacial score (nSPS) is 11.4. The van der Waals surface area contributed by atoms with Crippen molar-refractivity contribution in [1.29, 1.82) is 0 Å². The molecule has 0 aliphatic heterocycles. The highest BCUT2D eigenvalue weighted by atomic mass is 16.5. The number of allylic oxidation sites excluding steroid dienone is 1. The molecule has 0 aliphatic rings. The molecule has 1 N–H and O–H groups in total. The van der Waals surface area contributed by atoms with Crippen LogP contribution in [0.3, 0.4) is 0 Å². The van der Waals surface area contributed by atoms with E-state index in [0.717, 1.165) is 0 Å². The molecule has 0 amide bonds. The number of aliphatic hydroxyl groups excluding tert-OH is 1. The van der Waals surface area contributed by atoms with Crippen LogP contribution in [0.4, 0.5) is 0 Å². The third-order valence-electron chi connectivity index (χ3n) is 1.92. The molecule has 0 fully saturated rings. The summed E-state index contributed by atoms with van der Waals surface area (Å²) in [5.41, 5.74) is 0.642. The zero-order valence-corrected chi connectivity index (χ0v) is 8.64. The van der Waals surface area contributed by atoms with Crippen molar-refractivity contribution >= 4 is 11.5 Å². The van der Waals surface area contributed by atoms with E-state index < -0.39 is 0 Å². The summed E-state index contributed by atoms with van der Waals surface area (Å²) in [6.45, 7) is 0.372. The first kappa shape index (κ1) is 11.5. The van der Waals surface area contributed by atoms with E-state index in [9.17, 15) is 9.90 Å². The maximum absolute atomic E-state index is 11.3. The third-order valence-corrected chi connectivity index (χ3v) is 1.92. The van der Waals surface area contributed by atoms with Crippen LogP contribution in [0.1, 0.15) is 12.0 Å². The largest absolute Gasteiger partial charge is 0.507 e. The Hall–Kier alpha value is -1.61. The summed E-state index contributed by atoms with van der Waals surface area (Å²) in [5, 5.41) is 9.59. The summed E-state index contributed by atoms with van der Waals surface area (Å²) in [6.07, 6.45) is 1.52. The van der Waals surface area contributed by atoms with E-state index >= 15 is 0 Å². The van der Waals surface area contributed by atoms with Crippen LogP contribution >= 0.6 is 0 Å². The predicted octanol–water partition coefficient (Wildman–Crippen LogP) is 2.19. The molecule has 1 rings (SSSR count). The molecule has 1 aromatic carbocycles. The highest BCUT2D eigenvalue weighted by Crippen LogP contribution is 2.10. The van der Waals surface area contributed by atoms with E-state index in [0.29, 0.717) is 12.2 Å². The topological polar surface area (TPSA) is 46.5 Å². The fourth-order valence-corrected chi connectivity index (χ4v) is 1.12. The lowest BCUT2D eigenvalue weighted by Crippen LogP contribution is -2.00. The van der Waals surface area contributed by atoms with Gasteiger partial charge in [-0.05, 0) is 0 Å². The van der Waals surface area contributed by atoms with Gasteiger partial charge in [-0.1, -0.05) is 30.3 Å². The van der Waals surface area contributed by atoms with Gasteiger partial charge in [0.05, 0.1) is 6.61 Å². The average Bonchev–Trinajstić information content (AvgIpc) is 2.27. The van der Waals surface area contributed by atoms with E-state index in [1.165, 1.54) is 13.2 Å². The second-order valence-electron chi connectivity index (χ2n) is 3.10. The molecular weight excluding hydrogens is 192 g/mol. The van der Waals surface area contributed by atoms with Gasteiger partial charge in [0.1, 0.15) is 5.76 Å². The molecule has 0 aromatic heterocycles. The van der Waals surface area contributed by atoms with Gasteiger partial charge >= 0.3 is 0 Å². The predicted molar refractivity (Wildman–Crippen MR) is 58.5 cm³/mol. The molecule has 3 nitrogen and oxygen atoms in total. The lowest BCUT2D eigenvalue weighted by molar-refractivity contribution is -0.115. The van der Waals surface area contributed by atoms with Crippen LogP contribution in [0.15, 0.2) is 36.4 Å². The molecule has 0 heterocycles. The fourth-order valence-electron chi connectivity index (χ4n) is 1.12. The number of methoxy groups -OCH3 is 1. The van der Waals surface area contributed by atoms with Gasteiger partial charge in [0.2, 0.25) is 0 Å². The minimum Gasteiger partial charge on any atom is -0.507 e. The van der Waals surface area contributed by atoms with Crippen molar-refractivity contribution in [2.45, 2.75) is 6.42 Å². The molecule has 0 spiro atoms. The van der Waals surface area contributed by atoms with Crippen LogP contribution in [0.25, 0.3) is 5.76 Å². The number of hydrogen-bond donors (Lipinski definition) is 1. The SMILES string of the molecule is COCCC(=O)C=C(O)c1ccccc1. The number of carbonyl (C=O) groups excluding carboxylic acids is 1. The maximum Gasteiger partial charge on any atom is 0.161 e. The number of aliphatic hydroxyl groups is 1. The maximum atomic E-state index is 11.3. The van der Waals surface area contributed by atoms with Crippen LogP contribution < -0.4 is 0 Å². The Morgan fingerprint density at radius 1 is 1.40 bits per heavy atom. The van der Waals surface area contributed by atoms with Gasteiger partial charge in [-0.3, -0.25) is 4.79 Å². The highest BCUT2D eigenvalue weighted by Gasteiger charge is 2.02. The number of hydrogen-bond acceptors (Lipinski definition) is 3. The van der Waals surface area contributed by atoms with E-state index in [1.54, 1.807) is 24.3 Å². The highest BCUT2D eigenvalue weighted by molar-refractivity contribution is 5.95. The lowest BCUT2D eigenvalue weighted by Gasteiger charge is -1.99. The lowest BCUT2D eigenvalue weighted by atomic mass is 10.1. The third kappa shape index (κ3) is 3.95. The number of carbonyl (C=O) groups is 1. The molecule has 0 saturated carbocycles. The second kappa shape index (κ2) is 5.98. The van der Waals surface area contributed by atoms with Gasteiger partial charge in [-0.15, -0.1) is 0 Å². The fraction of sp³-hybridized carbons (Fsp3) is 0.250. The van der Waals surface area contributed by atoms with Crippen LogP contribution in [-0.4, -0.2) is 24.6 Å². The monoisotopic (exact) mass is 206 g/mol.